The van der Waals surface area contributed by atoms with Crippen molar-refractivity contribution >= 4 is 23.4 Å². The predicted octanol–water partition coefficient (Wildman–Crippen LogP) is 3.30. The molecule has 2 saturated heterocycles. The number of nitrogens with zero attached hydrogens (tertiary/aromatic N) is 2. The molecule has 8 heteroatoms. The highest BCUT2D eigenvalue weighted by atomic mass is 16.5. The van der Waals surface area contributed by atoms with Crippen molar-refractivity contribution in [3.63, 3.8) is 0 Å². The first-order chi connectivity index (χ1) is 16.6. The van der Waals surface area contributed by atoms with Crippen LogP contribution in [0.3, 0.4) is 0 Å². The predicted molar refractivity (Wildman–Crippen MR) is 128 cm³/mol. The van der Waals surface area contributed by atoms with E-state index in [4.69, 9.17) is 9.47 Å². The Morgan fingerprint density at radius 3 is 2.15 bits per heavy atom. The molecule has 0 unspecified atom stereocenters. The van der Waals surface area contributed by atoms with Crippen LogP contribution < -0.4 is 10.1 Å². The lowest BCUT2D eigenvalue weighted by atomic mass is 9.94. The van der Waals surface area contributed by atoms with Crippen LogP contribution in [0.4, 0.5) is 5.69 Å². The van der Waals surface area contributed by atoms with Gasteiger partial charge in [-0.15, -0.1) is 0 Å². The number of likely N-dealkylation sites (tertiary alicyclic amines) is 1. The van der Waals surface area contributed by atoms with Gasteiger partial charge in [-0.3, -0.25) is 14.4 Å². The van der Waals surface area contributed by atoms with Crippen LogP contribution in [0.5, 0.6) is 11.5 Å². The Balaban J connectivity index is 1.16. The number of para-hydroxylation sites is 1. The van der Waals surface area contributed by atoms with Crippen molar-refractivity contribution in [1.82, 2.24) is 9.80 Å². The van der Waals surface area contributed by atoms with Crippen molar-refractivity contribution in [2.24, 2.45) is 5.92 Å². The van der Waals surface area contributed by atoms with Gasteiger partial charge in [0, 0.05) is 50.6 Å². The van der Waals surface area contributed by atoms with Crippen molar-refractivity contribution in [3.8, 4) is 11.5 Å². The number of nitrogens with one attached hydrogen (secondary N) is 1. The number of hydrogen-bond donors (Lipinski definition) is 1. The molecule has 0 bridgehead atoms. The first kappa shape index (κ1) is 23.8. The molecule has 0 saturated carbocycles. The highest BCUT2D eigenvalue weighted by molar-refractivity contribution is 5.93. The molecule has 0 radical (unpaired) electrons. The van der Waals surface area contributed by atoms with E-state index < -0.39 is 0 Å². The van der Waals surface area contributed by atoms with Crippen LogP contribution in [0.1, 0.15) is 25.7 Å². The minimum absolute atomic E-state index is 0.0284. The molecule has 4 rings (SSSR count). The number of piperidine rings is 1. The highest BCUT2D eigenvalue weighted by Crippen LogP contribution is 2.23. The van der Waals surface area contributed by atoms with Gasteiger partial charge in [-0.25, -0.2) is 0 Å². The number of hydrogen-bond acceptors (Lipinski definition) is 5. The van der Waals surface area contributed by atoms with Gasteiger partial charge in [0.05, 0.1) is 13.2 Å². The van der Waals surface area contributed by atoms with E-state index in [0.29, 0.717) is 63.7 Å². The molecule has 0 atom stereocenters. The molecule has 2 aliphatic heterocycles. The number of benzene rings is 2. The smallest absolute Gasteiger partial charge is 0.225 e. The third-order valence-corrected chi connectivity index (χ3v) is 6.20. The maximum atomic E-state index is 12.6. The van der Waals surface area contributed by atoms with Gasteiger partial charge in [0.15, 0.2) is 0 Å². The number of rotatable bonds is 7. The summed E-state index contributed by atoms with van der Waals surface area (Å²) >= 11 is 0. The SMILES string of the molecule is O=C(CCC(=O)N1CCC(C(=O)N2CCOCC2)CC1)Nc1ccc(Oc2ccccc2)cc1. The van der Waals surface area contributed by atoms with Crippen molar-refractivity contribution in [2.45, 2.75) is 25.7 Å². The molecule has 0 aromatic heterocycles. The topological polar surface area (TPSA) is 88.2 Å². The summed E-state index contributed by atoms with van der Waals surface area (Å²) in [6.45, 7) is 3.60. The Labute approximate surface area is 199 Å². The molecule has 34 heavy (non-hydrogen) atoms. The van der Waals surface area contributed by atoms with Gasteiger partial charge in [-0.2, -0.15) is 0 Å². The summed E-state index contributed by atoms with van der Waals surface area (Å²) in [5.74, 6) is 1.32. The number of anilines is 1. The molecule has 0 aliphatic carbocycles. The van der Waals surface area contributed by atoms with E-state index >= 15 is 0 Å². The highest BCUT2D eigenvalue weighted by Gasteiger charge is 2.30. The van der Waals surface area contributed by atoms with Crippen molar-refractivity contribution in [1.29, 1.82) is 0 Å². The van der Waals surface area contributed by atoms with Gasteiger partial charge in [0.25, 0.3) is 0 Å². The fraction of sp³-hybridized carbons (Fsp3) is 0.423. The van der Waals surface area contributed by atoms with E-state index in [2.05, 4.69) is 5.32 Å². The van der Waals surface area contributed by atoms with Crippen LogP contribution in [0, 0.1) is 5.92 Å². The zero-order valence-corrected chi connectivity index (χ0v) is 19.3. The standard InChI is InChI=1S/C26H31N3O5/c30-24(27-21-6-8-23(9-7-21)34-22-4-2-1-3-5-22)10-11-25(31)28-14-12-20(13-15-28)26(32)29-16-18-33-19-17-29/h1-9,20H,10-19H2,(H,27,30). The molecule has 8 nitrogen and oxygen atoms in total. The van der Waals surface area contributed by atoms with Gasteiger partial charge in [0.1, 0.15) is 11.5 Å². The molecule has 180 valence electrons. The zero-order chi connectivity index (χ0) is 23.8. The third-order valence-electron chi connectivity index (χ3n) is 6.20. The quantitative estimate of drug-likeness (QED) is 0.678. The van der Waals surface area contributed by atoms with Crippen LogP contribution in [0.25, 0.3) is 0 Å². The largest absolute Gasteiger partial charge is 0.457 e. The molecule has 2 aromatic rings. The molecule has 0 spiro atoms. The summed E-state index contributed by atoms with van der Waals surface area (Å²) in [6.07, 6.45) is 1.62. The lowest BCUT2D eigenvalue weighted by Crippen LogP contribution is -2.47. The minimum Gasteiger partial charge on any atom is -0.457 e. The lowest BCUT2D eigenvalue weighted by Gasteiger charge is -2.35. The van der Waals surface area contributed by atoms with Crippen molar-refractivity contribution in [2.75, 3.05) is 44.7 Å². The number of ether oxygens (including phenoxy) is 2. The molecule has 2 aromatic carbocycles. The Morgan fingerprint density at radius 2 is 1.47 bits per heavy atom. The molecule has 2 fully saturated rings. The maximum absolute atomic E-state index is 12.6. The second-order valence-corrected chi connectivity index (χ2v) is 8.58. The van der Waals surface area contributed by atoms with E-state index in [1.807, 2.05) is 35.2 Å². The first-order valence-electron chi connectivity index (χ1n) is 11.9. The van der Waals surface area contributed by atoms with Gasteiger partial charge >= 0.3 is 0 Å². The van der Waals surface area contributed by atoms with Crippen molar-refractivity contribution < 1.29 is 23.9 Å². The van der Waals surface area contributed by atoms with Crippen LogP contribution >= 0.6 is 0 Å². The Morgan fingerprint density at radius 1 is 0.824 bits per heavy atom. The lowest BCUT2D eigenvalue weighted by molar-refractivity contribution is -0.143. The van der Waals surface area contributed by atoms with Gasteiger partial charge < -0.3 is 24.6 Å². The summed E-state index contributed by atoms with van der Waals surface area (Å²) < 4.78 is 11.1. The van der Waals surface area contributed by atoms with Crippen LogP contribution in [0.2, 0.25) is 0 Å². The summed E-state index contributed by atoms with van der Waals surface area (Å²) in [4.78, 5) is 41.2. The normalized spacial score (nSPS) is 16.7. The monoisotopic (exact) mass is 465 g/mol. The van der Waals surface area contributed by atoms with Gasteiger partial charge in [-0.1, -0.05) is 18.2 Å². The molecule has 2 aliphatic rings. The van der Waals surface area contributed by atoms with Crippen LogP contribution in [-0.4, -0.2) is 66.9 Å². The maximum Gasteiger partial charge on any atom is 0.225 e. The number of morpholine rings is 1. The fourth-order valence-corrected chi connectivity index (χ4v) is 4.25. The van der Waals surface area contributed by atoms with E-state index in [1.165, 1.54) is 0 Å². The Kier molecular flexibility index (Phi) is 8.14. The van der Waals surface area contributed by atoms with E-state index in [0.717, 1.165) is 5.75 Å². The van der Waals surface area contributed by atoms with Crippen LogP contribution in [-0.2, 0) is 19.1 Å². The summed E-state index contributed by atoms with van der Waals surface area (Å²) in [5, 5.41) is 2.82. The summed E-state index contributed by atoms with van der Waals surface area (Å²) in [7, 11) is 0. The number of carbonyl (C=O) groups is 3. The first-order valence-corrected chi connectivity index (χ1v) is 11.9. The van der Waals surface area contributed by atoms with Gasteiger partial charge in [0.2, 0.25) is 17.7 Å². The number of amides is 3. The van der Waals surface area contributed by atoms with Gasteiger partial charge in [-0.05, 0) is 49.2 Å². The molecular formula is C26H31N3O5. The molecular weight excluding hydrogens is 434 g/mol. The van der Waals surface area contributed by atoms with E-state index in [-0.39, 0.29) is 36.5 Å². The second-order valence-electron chi connectivity index (χ2n) is 8.58. The summed E-state index contributed by atoms with van der Waals surface area (Å²) in [6, 6.07) is 16.6. The Bertz CT molecular complexity index is 966. The number of carbonyl (C=O) groups excluding carboxylic acids is 3. The minimum atomic E-state index is -0.206. The second kappa shape index (κ2) is 11.7. The molecule has 1 N–H and O–H groups in total. The summed E-state index contributed by atoms with van der Waals surface area (Å²) in [5.41, 5.74) is 0.653. The van der Waals surface area contributed by atoms with Crippen molar-refractivity contribution in [3.05, 3.63) is 54.6 Å². The van der Waals surface area contributed by atoms with Crippen LogP contribution in [0.15, 0.2) is 54.6 Å². The van der Waals surface area contributed by atoms with E-state index in [1.54, 1.807) is 29.2 Å². The average molecular weight is 466 g/mol. The Hall–Kier alpha value is -3.39. The fourth-order valence-electron chi connectivity index (χ4n) is 4.25. The average Bonchev–Trinajstić information content (AvgIpc) is 2.89. The molecule has 2 heterocycles. The van der Waals surface area contributed by atoms with E-state index in [9.17, 15) is 14.4 Å². The zero-order valence-electron chi connectivity index (χ0n) is 19.3. The third kappa shape index (κ3) is 6.57. The molecule has 3 amide bonds.